The Hall–Kier alpha value is -1.10. The van der Waals surface area contributed by atoms with Gasteiger partial charge in [-0.15, -0.1) is 0 Å². The predicted octanol–water partition coefficient (Wildman–Crippen LogP) is 1.81. The molecule has 0 bridgehead atoms. The fourth-order valence-electron chi connectivity index (χ4n) is 2.62. The maximum absolute atomic E-state index is 10.7. The smallest absolute Gasteiger partial charge is 0.119 e. The molecule has 20 heavy (non-hydrogen) atoms. The number of nitrogens with one attached hydrogen (secondary N) is 1. The van der Waals surface area contributed by atoms with Gasteiger partial charge in [-0.2, -0.15) is 0 Å². The Balaban J connectivity index is 1.62. The molecule has 3 rings (SSSR count). The molecular formula is C16H23NO3. The summed E-state index contributed by atoms with van der Waals surface area (Å²) in [5.41, 5.74) is 0.0734. The molecule has 110 valence electrons. The second-order valence-corrected chi connectivity index (χ2v) is 6.05. The maximum Gasteiger partial charge on any atom is 0.119 e. The molecule has 1 saturated heterocycles. The molecule has 1 saturated carbocycles. The third-order valence-electron chi connectivity index (χ3n) is 3.95. The van der Waals surface area contributed by atoms with Gasteiger partial charge in [0.05, 0.1) is 24.9 Å². The summed E-state index contributed by atoms with van der Waals surface area (Å²) in [7, 11) is 0. The first-order valence-electron chi connectivity index (χ1n) is 7.44. The van der Waals surface area contributed by atoms with Crippen LogP contribution >= 0.6 is 0 Å². The van der Waals surface area contributed by atoms with Crippen LogP contribution < -0.4 is 10.1 Å². The molecule has 1 aromatic rings. The van der Waals surface area contributed by atoms with Gasteiger partial charge >= 0.3 is 0 Å². The lowest BCUT2D eigenvalue weighted by molar-refractivity contribution is 0.00320. The SMILES string of the molecule is CC(O)(CC1COCCN1)c1ccc(OC2CC2)cc1. The monoisotopic (exact) mass is 277 g/mol. The average molecular weight is 277 g/mol. The van der Waals surface area contributed by atoms with E-state index in [1.54, 1.807) is 0 Å². The van der Waals surface area contributed by atoms with Crippen LogP contribution in [0.1, 0.15) is 31.7 Å². The van der Waals surface area contributed by atoms with Gasteiger partial charge in [0.25, 0.3) is 0 Å². The first-order chi connectivity index (χ1) is 9.63. The maximum atomic E-state index is 10.7. The van der Waals surface area contributed by atoms with Crippen LogP contribution in [0.25, 0.3) is 0 Å². The summed E-state index contributed by atoms with van der Waals surface area (Å²) >= 11 is 0. The van der Waals surface area contributed by atoms with Gasteiger partial charge in [0.15, 0.2) is 0 Å². The summed E-state index contributed by atoms with van der Waals surface area (Å²) < 4.78 is 11.2. The lowest BCUT2D eigenvalue weighted by Crippen LogP contribution is -2.45. The molecule has 1 aliphatic heterocycles. The fourth-order valence-corrected chi connectivity index (χ4v) is 2.62. The topological polar surface area (TPSA) is 50.7 Å². The Bertz CT molecular complexity index is 434. The lowest BCUT2D eigenvalue weighted by atomic mass is 9.89. The van der Waals surface area contributed by atoms with E-state index in [1.165, 1.54) is 0 Å². The molecule has 1 aromatic carbocycles. The van der Waals surface area contributed by atoms with Crippen molar-refractivity contribution in [2.75, 3.05) is 19.8 Å². The average Bonchev–Trinajstić information content (AvgIpc) is 3.24. The van der Waals surface area contributed by atoms with E-state index in [0.717, 1.165) is 37.3 Å². The lowest BCUT2D eigenvalue weighted by Gasteiger charge is -2.32. The molecule has 1 heterocycles. The Morgan fingerprint density at radius 1 is 1.35 bits per heavy atom. The summed E-state index contributed by atoms with van der Waals surface area (Å²) in [5, 5.41) is 14.1. The molecule has 2 aliphatic rings. The molecule has 0 amide bonds. The molecule has 4 heteroatoms. The molecule has 0 radical (unpaired) electrons. The molecule has 2 fully saturated rings. The van der Waals surface area contributed by atoms with Crippen molar-refractivity contribution >= 4 is 0 Å². The van der Waals surface area contributed by atoms with E-state index >= 15 is 0 Å². The van der Waals surface area contributed by atoms with Gasteiger partial charge in [-0.25, -0.2) is 0 Å². The molecule has 4 nitrogen and oxygen atoms in total. The van der Waals surface area contributed by atoms with Crippen molar-refractivity contribution in [3.8, 4) is 5.75 Å². The van der Waals surface area contributed by atoms with E-state index in [9.17, 15) is 5.11 Å². The van der Waals surface area contributed by atoms with Gasteiger partial charge in [-0.3, -0.25) is 0 Å². The highest BCUT2D eigenvalue weighted by molar-refractivity contribution is 5.31. The highest BCUT2D eigenvalue weighted by Gasteiger charge is 2.29. The largest absolute Gasteiger partial charge is 0.490 e. The Kier molecular flexibility index (Phi) is 3.96. The normalized spacial score (nSPS) is 26.0. The van der Waals surface area contributed by atoms with Gasteiger partial charge in [0.2, 0.25) is 0 Å². The first kappa shape index (κ1) is 13.9. The summed E-state index contributed by atoms with van der Waals surface area (Å²) in [6.07, 6.45) is 3.38. The zero-order valence-electron chi connectivity index (χ0n) is 12.0. The standard InChI is InChI=1S/C16H23NO3/c1-16(18,10-13-11-19-9-8-17-13)12-2-4-14(5-3-12)20-15-6-7-15/h2-5,13,15,17-18H,6-11H2,1H3. The van der Waals surface area contributed by atoms with E-state index in [1.807, 2.05) is 31.2 Å². The van der Waals surface area contributed by atoms with Crippen LogP contribution in [0.4, 0.5) is 0 Å². The second-order valence-electron chi connectivity index (χ2n) is 6.05. The summed E-state index contributed by atoms with van der Waals surface area (Å²) in [6, 6.07) is 8.03. The van der Waals surface area contributed by atoms with Gasteiger partial charge in [-0.1, -0.05) is 12.1 Å². The number of rotatable bonds is 5. The highest BCUT2D eigenvalue weighted by Crippen LogP contribution is 2.30. The highest BCUT2D eigenvalue weighted by atomic mass is 16.5. The number of aliphatic hydroxyl groups is 1. The van der Waals surface area contributed by atoms with E-state index in [2.05, 4.69) is 5.32 Å². The number of morpholine rings is 1. The van der Waals surface area contributed by atoms with E-state index in [0.29, 0.717) is 19.1 Å². The summed E-state index contributed by atoms with van der Waals surface area (Å²) in [4.78, 5) is 0. The van der Waals surface area contributed by atoms with Crippen molar-refractivity contribution in [1.82, 2.24) is 5.32 Å². The van der Waals surface area contributed by atoms with E-state index in [4.69, 9.17) is 9.47 Å². The van der Waals surface area contributed by atoms with Gasteiger partial charge < -0.3 is 19.9 Å². The van der Waals surface area contributed by atoms with Crippen LogP contribution in [0.3, 0.4) is 0 Å². The molecule has 2 atom stereocenters. The van der Waals surface area contributed by atoms with Crippen LogP contribution in [-0.4, -0.2) is 37.0 Å². The number of benzene rings is 1. The molecule has 1 aliphatic carbocycles. The Morgan fingerprint density at radius 2 is 2.10 bits per heavy atom. The van der Waals surface area contributed by atoms with E-state index in [-0.39, 0.29) is 6.04 Å². The first-order valence-corrected chi connectivity index (χ1v) is 7.44. The van der Waals surface area contributed by atoms with Crippen molar-refractivity contribution in [3.63, 3.8) is 0 Å². The Morgan fingerprint density at radius 3 is 2.70 bits per heavy atom. The van der Waals surface area contributed by atoms with Gasteiger partial charge in [-0.05, 0) is 43.9 Å². The fraction of sp³-hybridized carbons (Fsp3) is 0.625. The molecule has 0 spiro atoms. The summed E-state index contributed by atoms with van der Waals surface area (Å²) in [6.45, 7) is 4.14. The third kappa shape index (κ3) is 3.51. The number of hydrogen-bond donors (Lipinski definition) is 2. The quantitative estimate of drug-likeness (QED) is 0.862. The molecular weight excluding hydrogens is 254 g/mol. The van der Waals surface area contributed by atoms with Crippen LogP contribution in [0.15, 0.2) is 24.3 Å². The van der Waals surface area contributed by atoms with E-state index < -0.39 is 5.60 Å². The minimum Gasteiger partial charge on any atom is -0.490 e. The van der Waals surface area contributed by atoms with Crippen molar-refractivity contribution < 1.29 is 14.6 Å². The predicted molar refractivity (Wildman–Crippen MR) is 76.9 cm³/mol. The number of hydrogen-bond acceptors (Lipinski definition) is 4. The van der Waals surface area contributed by atoms with Crippen LogP contribution in [0.5, 0.6) is 5.75 Å². The third-order valence-corrected chi connectivity index (χ3v) is 3.95. The number of ether oxygens (including phenoxy) is 2. The van der Waals surface area contributed by atoms with Crippen LogP contribution in [0, 0.1) is 0 Å². The van der Waals surface area contributed by atoms with Crippen molar-refractivity contribution in [3.05, 3.63) is 29.8 Å². The van der Waals surface area contributed by atoms with Gasteiger partial charge in [0.1, 0.15) is 5.75 Å². The Labute approximate surface area is 120 Å². The summed E-state index contributed by atoms with van der Waals surface area (Å²) in [5.74, 6) is 0.895. The minimum absolute atomic E-state index is 0.209. The molecule has 0 aromatic heterocycles. The molecule has 2 unspecified atom stereocenters. The minimum atomic E-state index is -0.851. The van der Waals surface area contributed by atoms with Crippen molar-refractivity contribution in [1.29, 1.82) is 0 Å². The van der Waals surface area contributed by atoms with Crippen molar-refractivity contribution in [2.45, 2.75) is 43.9 Å². The zero-order valence-corrected chi connectivity index (χ0v) is 12.0. The van der Waals surface area contributed by atoms with Crippen molar-refractivity contribution in [2.24, 2.45) is 0 Å². The second kappa shape index (κ2) is 5.72. The van der Waals surface area contributed by atoms with Crippen LogP contribution in [0.2, 0.25) is 0 Å². The molecule has 2 N–H and O–H groups in total. The van der Waals surface area contributed by atoms with Crippen LogP contribution in [-0.2, 0) is 10.3 Å². The zero-order chi connectivity index (χ0) is 14.0. The van der Waals surface area contributed by atoms with Gasteiger partial charge in [0, 0.05) is 12.6 Å².